The number of hydrogen-bond acceptors (Lipinski definition) is 4. The van der Waals surface area contributed by atoms with E-state index >= 15 is 0 Å². The van der Waals surface area contributed by atoms with Crippen molar-refractivity contribution >= 4 is 51.2 Å². The minimum absolute atomic E-state index is 0.205. The molecule has 1 N–H and O–H groups in total. The van der Waals surface area contributed by atoms with Gasteiger partial charge in [-0.3, -0.25) is 4.98 Å². The van der Waals surface area contributed by atoms with Crippen LogP contribution in [0, 0.1) is 11.7 Å². The molecule has 1 fully saturated rings. The zero-order valence-electron chi connectivity index (χ0n) is 17.7. The number of anilines is 1. The number of halogens is 3. The Morgan fingerprint density at radius 2 is 1.88 bits per heavy atom. The average molecular weight is 472 g/mol. The van der Waals surface area contributed by atoms with Gasteiger partial charge in [0, 0.05) is 17.6 Å². The topological polar surface area (TPSA) is 51.0 Å². The molecule has 32 heavy (non-hydrogen) atoms. The predicted molar refractivity (Wildman–Crippen MR) is 128 cm³/mol. The predicted octanol–water partition coefficient (Wildman–Crippen LogP) is 7.99. The number of aromatic nitrogens is 2. The van der Waals surface area contributed by atoms with Gasteiger partial charge in [0.1, 0.15) is 16.4 Å². The summed E-state index contributed by atoms with van der Waals surface area (Å²) in [6.45, 7) is 2.15. The Morgan fingerprint density at radius 3 is 2.69 bits per heavy atom. The molecule has 7 heteroatoms. The smallest absolute Gasteiger partial charge is 0.295 e. The highest BCUT2D eigenvalue weighted by Gasteiger charge is 2.25. The van der Waals surface area contributed by atoms with Gasteiger partial charge in [0.2, 0.25) is 0 Å². The van der Waals surface area contributed by atoms with Crippen molar-refractivity contribution < 1.29 is 8.81 Å². The van der Waals surface area contributed by atoms with Gasteiger partial charge in [0.05, 0.1) is 10.5 Å². The summed E-state index contributed by atoms with van der Waals surface area (Å²) in [4.78, 5) is 8.87. The van der Waals surface area contributed by atoms with Crippen LogP contribution in [0.4, 0.5) is 10.4 Å². The van der Waals surface area contributed by atoms with E-state index in [-0.39, 0.29) is 11.9 Å². The van der Waals surface area contributed by atoms with Gasteiger partial charge in [-0.05, 0) is 92.8 Å². The largest absolute Gasteiger partial charge is 0.422 e. The first-order chi connectivity index (χ1) is 15.5. The SMILES string of the molecule is CC(CC1CCC(c2ccnc3ccc(F)cc23)CC1)Nc1nc2ccc(Cl)c(Cl)c2o1. The van der Waals surface area contributed by atoms with Gasteiger partial charge < -0.3 is 9.73 Å². The van der Waals surface area contributed by atoms with E-state index in [0.29, 0.717) is 39.0 Å². The third-order valence-electron chi connectivity index (χ3n) is 6.53. The van der Waals surface area contributed by atoms with Gasteiger partial charge >= 0.3 is 0 Å². The van der Waals surface area contributed by atoms with Gasteiger partial charge in [-0.2, -0.15) is 4.98 Å². The van der Waals surface area contributed by atoms with Crippen molar-refractivity contribution in [1.82, 2.24) is 9.97 Å². The maximum Gasteiger partial charge on any atom is 0.295 e. The molecule has 0 amide bonds. The molecule has 2 aromatic carbocycles. The number of nitrogens with zero attached hydrogens (tertiary/aromatic N) is 2. The first-order valence-electron chi connectivity index (χ1n) is 11.0. The van der Waals surface area contributed by atoms with Crippen LogP contribution in [0.5, 0.6) is 0 Å². The highest BCUT2D eigenvalue weighted by atomic mass is 35.5. The van der Waals surface area contributed by atoms with Crippen molar-refractivity contribution in [2.45, 2.75) is 51.0 Å². The van der Waals surface area contributed by atoms with E-state index in [1.54, 1.807) is 24.3 Å². The molecule has 0 saturated heterocycles. The highest BCUT2D eigenvalue weighted by Crippen LogP contribution is 2.40. The minimum atomic E-state index is -0.205. The summed E-state index contributed by atoms with van der Waals surface area (Å²) in [6, 6.07) is 11.1. The fourth-order valence-electron chi connectivity index (χ4n) is 4.97. The molecular formula is C25H24Cl2FN3O. The van der Waals surface area contributed by atoms with Crippen LogP contribution < -0.4 is 5.32 Å². The van der Waals surface area contributed by atoms with Crippen molar-refractivity contribution in [3.63, 3.8) is 0 Å². The molecule has 0 spiro atoms. The molecule has 166 valence electrons. The molecule has 5 rings (SSSR count). The van der Waals surface area contributed by atoms with Gasteiger partial charge in [0.15, 0.2) is 5.58 Å². The molecule has 1 aliphatic carbocycles. The van der Waals surface area contributed by atoms with Crippen LogP contribution in [-0.2, 0) is 0 Å². The maximum absolute atomic E-state index is 13.8. The van der Waals surface area contributed by atoms with Gasteiger partial charge in [-0.1, -0.05) is 23.2 Å². The Hall–Kier alpha value is -2.37. The fraction of sp³-hybridized carbons (Fsp3) is 0.360. The Morgan fingerprint density at radius 1 is 1.09 bits per heavy atom. The van der Waals surface area contributed by atoms with E-state index in [1.165, 1.54) is 11.6 Å². The molecule has 4 aromatic rings. The molecule has 1 unspecified atom stereocenters. The monoisotopic (exact) mass is 471 g/mol. The zero-order chi connectivity index (χ0) is 22.2. The van der Waals surface area contributed by atoms with Crippen molar-refractivity contribution in [2.24, 2.45) is 5.92 Å². The van der Waals surface area contributed by atoms with Crippen LogP contribution in [0.25, 0.3) is 22.0 Å². The van der Waals surface area contributed by atoms with Crippen LogP contribution in [0.15, 0.2) is 47.0 Å². The molecular weight excluding hydrogens is 448 g/mol. The average Bonchev–Trinajstić information content (AvgIpc) is 3.19. The van der Waals surface area contributed by atoms with E-state index in [2.05, 4.69) is 28.3 Å². The van der Waals surface area contributed by atoms with E-state index in [0.717, 1.165) is 43.0 Å². The highest BCUT2D eigenvalue weighted by molar-refractivity contribution is 6.44. The minimum Gasteiger partial charge on any atom is -0.422 e. The third-order valence-corrected chi connectivity index (χ3v) is 7.32. The zero-order valence-corrected chi connectivity index (χ0v) is 19.3. The van der Waals surface area contributed by atoms with Crippen LogP contribution >= 0.6 is 23.2 Å². The number of rotatable bonds is 5. The normalized spacial score (nSPS) is 20.0. The lowest BCUT2D eigenvalue weighted by molar-refractivity contribution is 0.301. The lowest BCUT2D eigenvalue weighted by Crippen LogP contribution is -2.23. The Bertz CT molecular complexity index is 1270. The molecule has 1 atom stereocenters. The van der Waals surface area contributed by atoms with Gasteiger partial charge in [0.25, 0.3) is 6.01 Å². The van der Waals surface area contributed by atoms with E-state index < -0.39 is 0 Å². The molecule has 4 nitrogen and oxygen atoms in total. The third kappa shape index (κ3) is 4.28. The van der Waals surface area contributed by atoms with Crippen LogP contribution in [-0.4, -0.2) is 16.0 Å². The number of hydrogen-bond donors (Lipinski definition) is 1. The van der Waals surface area contributed by atoms with Crippen LogP contribution in [0.3, 0.4) is 0 Å². The second kappa shape index (κ2) is 8.87. The van der Waals surface area contributed by atoms with Crippen LogP contribution in [0.1, 0.15) is 50.5 Å². The fourth-order valence-corrected chi connectivity index (χ4v) is 5.32. The van der Waals surface area contributed by atoms with Gasteiger partial charge in [-0.15, -0.1) is 0 Å². The van der Waals surface area contributed by atoms with E-state index in [1.807, 2.05) is 6.20 Å². The van der Waals surface area contributed by atoms with Gasteiger partial charge in [-0.25, -0.2) is 4.39 Å². The molecule has 0 radical (unpaired) electrons. The number of nitrogens with one attached hydrogen (secondary N) is 1. The second-order valence-corrected chi connectivity index (χ2v) is 9.57. The van der Waals surface area contributed by atoms with Crippen molar-refractivity contribution in [3.8, 4) is 0 Å². The Kier molecular flexibility index (Phi) is 5.95. The lowest BCUT2D eigenvalue weighted by atomic mass is 9.76. The molecule has 2 aromatic heterocycles. The summed E-state index contributed by atoms with van der Waals surface area (Å²) < 4.78 is 19.6. The molecule has 1 aliphatic rings. The summed E-state index contributed by atoms with van der Waals surface area (Å²) in [5.74, 6) is 0.870. The number of oxazole rings is 1. The number of benzene rings is 2. The lowest BCUT2D eigenvalue weighted by Gasteiger charge is -2.31. The van der Waals surface area contributed by atoms with Crippen molar-refractivity contribution in [3.05, 3.63) is 64.0 Å². The summed E-state index contributed by atoms with van der Waals surface area (Å²) in [6.07, 6.45) is 7.36. The second-order valence-electron chi connectivity index (χ2n) is 8.79. The molecule has 2 heterocycles. The summed E-state index contributed by atoms with van der Waals surface area (Å²) in [5.41, 5.74) is 3.29. The van der Waals surface area contributed by atoms with Crippen LogP contribution in [0.2, 0.25) is 10.0 Å². The summed E-state index contributed by atoms with van der Waals surface area (Å²) >= 11 is 12.3. The van der Waals surface area contributed by atoms with Crippen molar-refractivity contribution in [2.75, 3.05) is 5.32 Å². The number of pyridine rings is 1. The quantitative estimate of drug-likeness (QED) is 0.320. The first-order valence-corrected chi connectivity index (χ1v) is 11.8. The molecule has 0 bridgehead atoms. The van der Waals surface area contributed by atoms with Crippen molar-refractivity contribution in [1.29, 1.82) is 0 Å². The Balaban J connectivity index is 1.21. The summed E-state index contributed by atoms with van der Waals surface area (Å²) in [5, 5.41) is 5.16. The maximum atomic E-state index is 13.8. The van der Waals surface area contributed by atoms with E-state index in [4.69, 9.17) is 27.6 Å². The number of fused-ring (bicyclic) bond motifs is 2. The Labute approximate surface area is 196 Å². The standard InChI is InChI=1S/C25H24Cl2FN3O/c1-14(30-25-31-22-9-7-20(26)23(27)24(22)32-25)12-15-2-4-16(5-3-15)18-10-11-29-21-8-6-17(28)13-19(18)21/h6-11,13-16H,2-5,12H2,1H3,(H,30,31). The summed E-state index contributed by atoms with van der Waals surface area (Å²) in [7, 11) is 0. The molecule has 0 aliphatic heterocycles. The van der Waals surface area contributed by atoms with E-state index in [9.17, 15) is 4.39 Å². The first kappa shape index (κ1) is 21.5. The molecule has 1 saturated carbocycles.